The van der Waals surface area contributed by atoms with Crippen molar-refractivity contribution in [2.24, 2.45) is 0 Å². The number of hydrogen-bond donors (Lipinski definition) is 2. The number of nitrogens with one attached hydrogen (secondary N) is 2. The minimum absolute atomic E-state index is 0.134. The van der Waals surface area contributed by atoms with Crippen molar-refractivity contribution in [2.45, 2.75) is 12.6 Å². The van der Waals surface area contributed by atoms with Gasteiger partial charge in [-0.25, -0.2) is 0 Å². The topological polar surface area (TPSA) is 61.4 Å². The zero-order chi connectivity index (χ0) is 17.4. The molecule has 0 aliphatic rings. The van der Waals surface area contributed by atoms with Gasteiger partial charge < -0.3 is 10.2 Å². The second kappa shape index (κ2) is 9.32. The van der Waals surface area contributed by atoms with Crippen LogP contribution in [-0.4, -0.2) is 49.9 Å². The molecule has 0 aliphatic carbocycles. The van der Waals surface area contributed by atoms with Crippen LogP contribution < -0.4 is 10.6 Å². The van der Waals surface area contributed by atoms with Crippen molar-refractivity contribution in [3.63, 3.8) is 0 Å². The van der Waals surface area contributed by atoms with Crippen LogP contribution in [0.15, 0.2) is 47.8 Å². The van der Waals surface area contributed by atoms with Gasteiger partial charge in [-0.05, 0) is 45.1 Å². The fourth-order valence-electron chi connectivity index (χ4n) is 2.23. The normalized spacial score (nSPS) is 12.1. The van der Waals surface area contributed by atoms with Crippen molar-refractivity contribution < 1.29 is 9.59 Å². The lowest BCUT2D eigenvalue weighted by molar-refractivity contribution is 0.0840. The number of thiophene rings is 1. The van der Waals surface area contributed by atoms with Crippen molar-refractivity contribution >= 4 is 23.0 Å². The molecular weight excluding hydrogens is 322 g/mol. The summed E-state index contributed by atoms with van der Waals surface area (Å²) in [4.78, 5) is 27.7. The molecule has 0 fully saturated rings. The van der Waals surface area contributed by atoms with Crippen molar-refractivity contribution in [1.82, 2.24) is 15.5 Å². The Bertz CT molecular complexity index is 642. The highest BCUT2D eigenvalue weighted by Gasteiger charge is 2.22. The Morgan fingerprint density at radius 2 is 1.88 bits per heavy atom. The summed E-state index contributed by atoms with van der Waals surface area (Å²) in [6.07, 6.45) is 0.157. The number of hydrogen-bond acceptors (Lipinski definition) is 5. The average molecular weight is 345 g/mol. The van der Waals surface area contributed by atoms with E-state index in [-0.39, 0.29) is 11.7 Å². The maximum absolute atomic E-state index is 12.7. The molecule has 2 N–H and O–H groups in total. The number of carbonyl (C=O) groups excluding carboxylic acids is 2. The summed E-state index contributed by atoms with van der Waals surface area (Å²) in [7, 11) is 4.01. The van der Waals surface area contributed by atoms with Crippen molar-refractivity contribution in [1.29, 1.82) is 0 Å². The first-order chi connectivity index (χ1) is 11.6. The van der Waals surface area contributed by atoms with E-state index < -0.39 is 6.17 Å². The predicted octanol–water partition coefficient (Wildman–Crippen LogP) is 2.23. The van der Waals surface area contributed by atoms with Crippen LogP contribution in [0, 0.1) is 0 Å². The number of amides is 1. The molecule has 6 heteroatoms. The van der Waals surface area contributed by atoms with Crippen LogP contribution in [0.3, 0.4) is 0 Å². The van der Waals surface area contributed by atoms with Gasteiger partial charge in [-0.15, -0.1) is 11.3 Å². The van der Waals surface area contributed by atoms with Crippen LogP contribution in [0.2, 0.25) is 0 Å². The minimum atomic E-state index is -0.732. The highest BCUT2D eigenvalue weighted by molar-refractivity contribution is 7.12. The third kappa shape index (κ3) is 5.56. The average Bonchev–Trinajstić information content (AvgIpc) is 3.12. The lowest BCUT2D eigenvalue weighted by Crippen LogP contribution is -2.51. The maximum Gasteiger partial charge on any atom is 0.262 e. The third-order valence-corrected chi connectivity index (χ3v) is 4.34. The molecule has 0 aliphatic heterocycles. The number of rotatable bonds is 9. The highest BCUT2D eigenvalue weighted by atomic mass is 32.1. The van der Waals surface area contributed by atoms with E-state index in [0.717, 1.165) is 13.0 Å². The van der Waals surface area contributed by atoms with Gasteiger partial charge in [0.15, 0.2) is 5.78 Å². The summed E-state index contributed by atoms with van der Waals surface area (Å²) in [6, 6.07) is 12.6. The Morgan fingerprint density at radius 3 is 2.50 bits per heavy atom. The quantitative estimate of drug-likeness (QED) is 0.416. The van der Waals surface area contributed by atoms with Crippen LogP contribution in [0.1, 0.15) is 26.5 Å². The van der Waals surface area contributed by atoms with Gasteiger partial charge >= 0.3 is 0 Å². The molecule has 1 aromatic carbocycles. The molecule has 0 saturated carbocycles. The maximum atomic E-state index is 12.7. The van der Waals surface area contributed by atoms with Crippen LogP contribution in [0.25, 0.3) is 0 Å². The Balaban J connectivity index is 2.03. The molecule has 2 aromatic rings. The zero-order valence-electron chi connectivity index (χ0n) is 14.0. The molecule has 1 atom stereocenters. The molecule has 2 rings (SSSR count). The summed E-state index contributed by atoms with van der Waals surface area (Å²) in [6.45, 7) is 1.56. The van der Waals surface area contributed by atoms with Crippen molar-refractivity contribution in [3.05, 3.63) is 58.3 Å². The number of ketones is 1. The first kappa shape index (κ1) is 18.3. The van der Waals surface area contributed by atoms with E-state index >= 15 is 0 Å². The lowest BCUT2D eigenvalue weighted by Gasteiger charge is -2.19. The van der Waals surface area contributed by atoms with Gasteiger partial charge in [-0.2, -0.15) is 0 Å². The SMILES string of the molecule is CN(C)CCCN[C@@H](NC(=O)c1cccs1)C(=O)c1ccccc1. The van der Waals surface area contributed by atoms with Crippen molar-refractivity contribution in [2.75, 3.05) is 27.2 Å². The van der Waals surface area contributed by atoms with E-state index in [0.29, 0.717) is 17.0 Å². The molecule has 0 bridgehead atoms. The Hall–Kier alpha value is -2.02. The second-order valence-corrected chi connectivity index (χ2v) is 6.67. The summed E-state index contributed by atoms with van der Waals surface area (Å²) < 4.78 is 0. The van der Waals surface area contributed by atoms with Crippen molar-refractivity contribution in [3.8, 4) is 0 Å². The van der Waals surface area contributed by atoms with Gasteiger partial charge in [0.25, 0.3) is 5.91 Å². The summed E-state index contributed by atoms with van der Waals surface area (Å²) >= 11 is 1.36. The smallest absolute Gasteiger partial charge is 0.262 e. The summed E-state index contributed by atoms with van der Waals surface area (Å²) in [5.74, 6) is -0.371. The van der Waals surface area contributed by atoms with E-state index in [2.05, 4.69) is 15.5 Å². The fourth-order valence-corrected chi connectivity index (χ4v) is 2.86. The third-order valence-electron chi connectivity index (χ3n) is 3.47. The molecule has 24 heavy (non-hydrogen) atoms. The van der Waals surface area contributed by atoms with Crippen LogP contribution in [-0.2, 0) is 0 Å². The first-order valence-electron chi connectivity index (χ1n) is 7.89. The molecule has 1 aromatic heterocycles. The number of Topliss-reactive ketones (excluding diaryl/α,β-unsaturated/α-hetero) is 1. The molecule has 0 unspecified atom stereocenters. The van der Waals surface area contributed by atoms with E-state index in [1.807, 2.05) is 43.7 Å². The van der Waals surface area contributed by atoms with E-state index in [4.69, 9.17) is 0 Å². The number of nitrogens with zero attached hydrogens (tertiary/aromatic N) is 1. The minimum Gasteiger partial charge on any atom is -0.329 e. The zero-order valence-corrected chi connectivity index (χ0v) is 14.8. The first-order valence-corrected chi connectivity index (χ1v) is 8.77. The second-order valence-electron chi connectivity index (χ2n) is 5.73. The van der Waals surface area contributed by atoms with Crippen LogP contribution in [0.5, 0.6) is 0 Å². The van der Waals surface area contributed by atoms with Gasteiger partial charge in [0, 0.05) is 5.56 Å². The Kier molecular flexibility index (Phi) is 7.11. The summed E-state index contributed by atoms with van der Waals surface area (Å²) in [5, 5.41) is 7.81. The largest absolute Gasteiger partial charge is 0.329 e. The number of carbonyl (C=O) groups is 2. The van der Waals surface area contributed by atoms with E-state index in [1.165, 1.54) is 11.3 Å². The Labute approximate surface area is 146 Å². The van der Waals surface area contributed by atoms with Crippen LogP contribution in [0.4, 0.5) is 0 Å². The van der Waals surface area contributed by atoms with Gasteiger partial charge in [0.05, 0.1) is 4.88 Å². The van der Waals surface area contributed by atoms with Gasteiger partial charge in [0.1, 0.15) is 6.17 Å². The standard InChI is InChI=1S/C18H23N3O2S/c1-21(2)12-7-11-19-17(16(22)14-8-4-3-5-9-14)20-18(23)15-10-6-13-24-15/h3-6,8-10,13,17,19H,7,11-12H2,1-2H3,(H,20,23)/t17-/m0/s1. The van der Waals surface area contributed by atoms with Gasteiger partial charge in [0.2, 0.25) is 0 Å². The van der Waals surface area contributed by atoms with E-state index in [9.17, 15) is 9.59 Å². The highest BCUT2D eigenvalue weighted by Crippen LogP contribution is 2.09. The van der Waals surface area contributed by atoms with Gasteiger partial charge in [-0.1, -0.05) is 36.4 Å². The molecule has 0 spiro atoms. The molecule has 5 nitrogen and oxygen atoms in total. The summed E-state index contributed by atoms with van der Waals surface area (Å²) in [5.41, 5.74) is 0.578. The molecular formula is C18H23N3O2S. The van der Waals surface area contributed by atoms with Gasteiger partial charge in [-0.3, -0.25) is 14.9 Å². The molecule has 128 valence electrons. The predicted molar refractivity (Wildman–Crippen MR) is 97.5 cm³/mol. The molecule has 1 amide bonds. The monoisotopic (exact) mass is 345 g/mol. The fraction of sp³-hybridized carbons (Fsp3) is 0.333. The number of benzene rings is 1. The Morgan fingerprint density at radius 1 is 1.12 bits per heavy atom. The molecule has 0 saturated heterocycles. The molecule has 1 heterocycles. The van der Waals surface area contributed by atoms with Crippen LogP contribution >= 0.6 is 11.3 Å². The lowest BCUT2D eigenvalue weighted by atomic mass is 10.1. The molecule has 0 radical (unpaired) electrons. The van der Waals surface area contributed by atoms with E-state index in [1.54, 1.807) is 18.2 Å².